The van der Waals surface area contributed by atoms with Gasteiger partial charge >= 0.3 is 6.09 Å². The number of nitrogens with zero attached hydrogens (tertiary/aromatic N) is 5. The molecule has 9 nitrogen and oxygen atoms in total. The molecule has 4 rings (SSSR count). The van der Waals surface area contributed by atoms with Crippen LogP contribution < -0.4 is 0 Å². The molecule has 1 aliphatic rings. The Hall–Kier alpha value is -3.90. The molecule has 0 N–H and O–H groups in total. The molecule has 0 radical (unpaired) electrons. The first-order valence-electron chi connectivity index (χ1n) is 11.0. The van der Waals surface area contributed by atoms with Crippen molar-refractivity contribution < 1.29 is 19.1 Å². The number of nitriles is 1. The predicted molar refractivity (Wildman–Crippen MR) is 126 cm³/mol. The van der Waals surface area contributed by atoms with Gasteiger partial charge in [0.1, 0.15) is 5.65 Å². The van der Waals surface area contributed by atoms with Crippen LogP contribution in [-0.2, 0) is 15.9 Å². The zero-order valence-electron chi connectivity index (χ0n) is 19.7. The molecule has 3 heterocycles. The minimum absolute atomic E-state index is 0.0676. The number of aryl methyl sites for hydroxylation is 1. The number of hydrogen-bond donors (Lipinski definition) is 0. The number of benzene rings is 1. The molecule has 1 fully saturated rings. The van der Waals surface area contributed by atoms with E-state index in [2.05, 4.69) is 6.07 Å². The highest BCUT2D eigenvalue weighted by Gasteiger charge is 2.28. The molecular formula is C25H27N5O4. The lowest BCUT2D eigenvalue weighted by molar-refractivity contribution is -0.0241. The van der Waals surface area contributed by atoms with Gasteiger partial charge in [0.05, 0.1) is 49.4 Å². The van der Waals surface area contributed by atoms with Crippen LogP contribution in [0.2, 0.25) is 0 Å². The van der Waals surface area contributed by atoms with Crippen molar-refractivity contribution in [2.24, 2.45) is 0 Å². The summed E-state index contributed by atoms with van der Waals surface area (Å²) in [6.45, 7) is 3.26. The summed E-state index contributed by atoms with van der Waals surface area (Å²) in [5.41, 5.74) is 5.25. The number of amides is 2. The third-order valence-electron chi connectivity index (χ3n) is 5.98. The smallest absolute Gasteiger partial charge is 0.409 e. The van der Waals surface area contributed by atoms with Gasteiger partial charge in [-0.15, -0.1) is 0 Å². The van der Waals surface area contributed by atoms with Crippen molar-refractivity contribution in [3.8, 4) is 17.3 Å². The maximum absolute atomic E-state index is 12.4. The van der Waals surface area contributed by atoms with Crippen molar-refractivity contribution in [3.05, 3.63) is 58.9 Å². The lowest BCUT2D eigenvalue weighted by Crippen LogP contribution is -2.46. The Morgan fingerprint density at radius 2 is 2.09 bits per heavy atom. The average molecular weight is 462 g/mol. The number of rotatable bonds is 4. The number of pyridine rings is 1. The van der Waals surface area contributed by atoms with E-state index in [1.807, 2.05) is 29.7 Å². The third kappa shape index (κ3) is 4.45. The van der Waals surface area contributed by atoms with E-state index in [-0.39, 0.29) is 18.1 Å². The van der Waals surface area contributed by atoms with Gasteiger partial charge in [0.15, 0.2) is 0 Å². The fourth-order valence-corrected chi connectivity index (χ4v) is 4.25. The Morgan fingerprint density at radius 1 is 1.29 bits per heavy atom. The molecule has 0 bridgehead atoms. The van der Waals surface area contributed by atoms with E-state index < -0.39 is 0 Å². The van der Waals surface area contributed by atoms with E-state index in [1.54, 1.807) is 42.1 Å². The number of carbonyl (C=O) groups is 2. The molecule has 34 heavy (non-hydrogen) atoms. The van der Waals surface area contributed by atoms with E-state index >= 15 is 0 Å². The van der Waals surface area contributed by atoms with Gasteiger partial charge in [-0.05, 0) is 36.8 Å². The molecule has 0 aliphatic carbocycles. The molecule has 2 aromatic heterocycles. The summed E-state index contributed by atoms with van der Waals surface area (Å²) < 4.78 is 12.8. The summed E-state index contributed by atoms with van der Waals surface area (Å²) >= 11 is 0. The first kappa shape index (κ1) is 23.3. The van der Waals surface area contributed by atoms with Crippen LogP contribution in [0.1, 0.15) is 27.2 Å². The van der Waals surface area contributed by atoms with E-state index in [1.165, 1.54) is 7.11 Å². The summed E-state index contributed by atoms with van der Waals surface area (Å²) in [6, 6.07) is 11.2. The zero-order chi connectivity index (χ0) is 24.4. The van der Waals surface area contributed by atoms with Crippen LogP contribution in [0.3, 0.4) is 0 Å². The summed E-state index contributed by atoms with van der Waals surface area (Å²) in [5, 5.41) is 9.33. The average Bonchev–Trinajstić information content (AvgIpc) is 3.19. The highest BCUT2D eigenvalue weighted by atomic mass is 16.5. The second kappa shape index (κ2) is 9.53. The Morgan fingerprint density at radius 3 is 2.76 bits per heavy atom. The number of aromatic nitrogens is 2. The van der Waals surface area contributed by atoms with Crippen molar-refractivity contribution in [2.75, 3.05) is 40.9 Å². The fraction of sp³-hybridized carbons (Fsp3) is 0.360. The number of ether oxygens (including phenoxy) is 2. The van der Waals surface area contributed by atoms with Crippen molar-refractivity contribution >= 4 is 17.6 Å². The molecule has 3 aromatic rings. The molecule has 0 saturated carbocycles. The maximum atomic E-state index is 12.4. The SMILES string of the molecule is COC(=O)N1CCO[C@@H](Cc2c(-c3ccc(C(=O)N(C)C)cc3C)nc3cc(C#N)ccn23)C1. The fourth-order valence-electron chi connectivity index (χ4n) is 4.25. The number of fused-ring (bicyclic) bond motifs is 1. The number of hydrogen-bond acceptors (Lipinski definition) is 6. The molecule has 1 aliphatic heterocycles. The maximum Gasteiger partial charge on any atom is 0.409 e. The molecule has 0 spiro atoms. The van der Waals surface area contributed by atoms with Gasteiger partial charge in [-0.25, -0.2) is 9.78 Å². The molecule has 1 saturated heterocycles. The van der Waals surface area contributed by atoms with Crippen LogP contribution in [-0.4, -0.2) is 78.2 Å². The standard InChI is InChI=1S/C25H27N5O4/c1-16-11-18(24(31)28(2)3)5-6-20(16)23-21(30-8-7-17(14-26)12-22(30)27-23)13-19-15-29(9-10-34-19)25(32)33-4/h5-8,11-12,19H,9-10,13,15H2,1-4H3/t19-/m0/s1. The van der Waals surface area contributed by atoms with Crippen LogP contribution in [0.15, 0.2) is 36.5 Å². The van der Waals surface area contributed by atoms with Crippen LogP contribution in [0.25, 0.3) is 16.9 Å². The van der Waals surface area contributed by atoms with Gasteiger partial charge in [0.25, 0.3) is 5.91 Å². The van der Waals surface area contributed by atoms with Gasteiger partial charge in [0, 0.05) is 44.4 Å². The van der Waals surface area contributed by atoms with E-state index in [9.17, 15) is 14.9 Å². The van der Waals surface area contributed by atoms with Crippen LogP contribution in [0, 0.1) is 18.3 Å². The molecular weight excluding hydrogens is 434 g/mol. The predicted octanol–water partition coefficient (Wildman–Crippen LogP) is 2.89. The minimum Gasteiger partial charge on any atom is -0.453 e. The molecule has 176 valence electrons. The van der Waals surface area contributed by atoms with Gasteiger partial charge < -0.3 is 23.7 Å². The van der Waals surface area contributed by atoms with Crippen LogP contribution in [0.4, 0.5) is 4.79 Å². The normalized spacial score (nSPS) is 15.7. The second-order valence-electron chi connectivity index (χ2n) is 8.50. The summed E-state index contributed by atoms with van der Waals surface area (Å²) in [7, 11) is 4.82. The largest absolute Gasteiger partial charge is 0.453 e. The summed E-state index contributed by atoms with van der Waals surface area (Å²) in [4.78, 5) is 32.5. The molecule has 1 atom stereocenters. The van der Waals surface area contributed by atoms with E-state index in [4.69, 9.17) is 14.5 Å². The lowest BCUT2D eigenvalue weighted by Gasteiger charge is -2.32. The molecule has 0 unspecified atom stereocenters. The Labute approximate surface area is 198 Å². The van der Waals surface area contributed by atoms with Crippen molar-refractivity contribution in [1.82, 2.24) is 19.2 Å². The third-order valence-corrected chi connectivity index (χ3v) is 5.98. The van der Waals surface area contributed by atoms with Gasteiger partial charge in [-0.3, -0.25) is 4.79 Å². The number of imidazole rings is 1. The number of morpholine rings is 1. The van der Waals surface area contributed by atoms with Crippen LogP contribution >= 0.6 is 0 Å². The molecule has 1 aromatic carbocycles. The minimum atomic E-state index is -0.373. The second-order valence-corrected chi connectivity index (χ2v) is 8.50. The monoisotopic (exact) mass is 461 g/mol. The highest BCUT2D eigenvalue weighted by Crippen LogP contribution is 2.30. The molecule has 2 amide bonds. The lowest BCUT2D eigenvalue weighted by atomic mass is 9.99. The van der Waals surface area contributed by atoms with Crippen molar-refractivity contribution in [3.63, 3.8) is 0 Å². The van der Waals surface area contributed by atoms with Crippen LogP contribution in [0.5, 0.6) is 0 Å². The first-order valence-corrected chi connectivity index (χ1v) is 11.0. The van der Waals surface area contributed by atoms with Gasteiger partial charge in [-0.2, -0.15) is 5.26 Å². The van der Waals surface area contributed by atoms with Gasteiger partial charge in [-0.1, -0.05) is 6.07 Å². The van der Waals surface area contributed by atoms with Gasteiger partial charge in [0.2, 0.25) is 0 Å². The Bertz CT molecular complexity index is 1290. The zero-order valence-corrected chi connectivity index (χ0v) is 19.7. The molecule has 9 heteroatoms. The van der Waals surface area contributed by atoms with E-state index in [0.717, 1.165) is 22.5 Å². The Kier molecular flexibility index (Phi) is 6.52. The Balaban J connectivity index is 1.76. The number of methoxy groups -OCH3 is 1. The quantitative estimate of drug-likeness (QED) is 0.592. The number of carbonyl (C=O) groups excluding carboxylic acids is 2. The topological polar surface area (TPSA) is 100 Å². The highest BCUT2D eigenvalue weighted by molar-refractivity contribution is 5.94. The van der Waals surface area contributed by atoms with Crippen molar-refractivity contribution in [1.29, 1.82) is 5.26 Å². The summed E-state index contributed by atoms with van der Waals surface area (Å²) in [6.07, 6.45) is 1.73. The first-order chi connectivity index (χ1) is 16.3. The van der Waals surface area contributed by atoms with Crippen molar-refractivity contribution in [2.45, 2.75) is 19.4 Å². The summed E-state index contributed by atoms with van der Waals surface area (Å²) in [5.74, 6) is -0.0676. The van der Waals surface area contributed by atoms with E-state index in [0.29, 0.717) is 42.9 Å².